The van der Waals surface area contributed by atoms with Gasteiger partial charge in [0.2, 0.25) is 10.0 Å². The highest BCUT2D eigenvalue weighted by Gasteiger charge is 2.52. The van der Waals surface area contributed by atoms with Crippen molar-refractivity contribution in [3.05, 3.63) is 83.4 Å². The second-order valence-corrected chi connectivity index (χ2v) is 11.2. The van der Waals surface area contributed by atoms with E-state index in [4.69, 9.17) is 5.14 Å². The van der Waals surface area contributed by atoms with Gasteiger partial charge in [-0.2, -0.15) is 13.2 Å². The molecule has 4 N–H and O–H groups in total. The summed E-state index contributed by atoms with van der Waals surface area (Å²) < 4.78 is 90.6. The number of imide groups is 1. The summed E-state index contributed by atoms with van der Waals surface area (Å²) in [5.74, 6) is -3.24. The third-order valence-electron chi connectivity index (χ3n) is 6.43. The van der Waals surface area contributed by atoms with Crippen molar-refractivity contribution in [2.45, 2.75) is 37.0 Å². The van der Waals surface area contributed by atoms with Crippen LogP contribution in [-0.4, -0.2) is 36.8 Å². The summed E-state index contributed by atoms with van der Waals surface area (Å²) in [4.78, 5) is 40.5. The van der Waals surface area contributed by atoms with E-state index < -0.39 is 62.6 Å². The molecule has 0 bridgehead atoms. The fraction of sp³-hybridized carbons (Fsp3) is 0.192. The molecule has 16 heteroatoms. The summed E-state index contributed by atoms with van der Waals surface area (Å²) in [7, 11) is -3.97. The van der Waals surface area contributed by atoms with Gasteiger partial charge < -0.3 is 15.5 Å². The van der Waals surface area contributed by atoms with Gasteiger partial charge in [0.15, 0.2) is 0 Å². The smallest absolute Gasteiger partial charge is 0.308 e. The zero-order chi connectivity index (χ0) is 31.2. The minimum atomic E-state index is -5.08. The maximum atomic E-state index is 14.1. The fourth-order valence-corrected chi connectivity index (χ4v) is 4.70. The fourth-order valence-electron chi connectivity index (χ4n) is 4.18. The lowest BCUT2D eigenvalue weighted by Gasteiger charge is -2.28. The van der Waals surface area contributed by atoms with Crippen molar-refractivity contribution in [3.63, 3.8) is 0 Å². The number of sulfonamides is 1. The molecule has 0 aliphatic carbocycles. The van der Waals surface area contributed by atoms with Gasteiger partial charge in [-0.3, -0.25) is 4.79 Å². The van der Waals surface area contributed by atoms with Crippen LogP contribution in [0.25, 0.3) is 0 Å². The number of primary sulfonamides is 1. The first-order valence-corrected chi connectivity index (χ1v) is 13.5. The topological polar surface area (TPSA) is 142 Å². The first-order valence-electron chi connectivity index (χ1n) is 11.9. The van der Waals surface area contributed by atoms with Crippen molar-refractivity contribution in [1.29, 1.82) is 0 Å². The van der Waals surface area contributed by atoms with Crippen molar-refractivity contribution in [2.24, 2.45) is 5.14 Å². The van der Waals surface area contributed by atoms with Crippen LogP contribution >= 0.6 is 0 Å². The number of anilines is 3. The van der Waals surface area contributed by atoms with Crippen LogP contribution in [-0.2, 0) is 27.5 Å². The summed E-state index contributed by atoms with van der Waals surface area (Å²) in [5, 5.41) is 9.87. The van der Waals surface area contributed by atoms with Gasteiger partial charge in [-0.1, -0.05) is 6.07 Å². The van der Waals surface area contributed by atoms with Crippen LogP contribution in [0.5, 0.6) is 0 Å². The molecular formula is C26H22F5N5O5S. The number of benzene rings is 3. The van der Waals surface area contributed by atoms with Crippen LogP contribution in [0.2, 0.25) is 0 Å². The number of carbonyl (C=O) groups is 3. The largest absolute Gasteiger partial charge is 0.419 e. The van der Waals surface area contributed by atoms with Crippen molar-refractivity contribution >= 4 is 45.1 Å². The Labute approximate surface area is 235 Å². The van der Waals surface area contributed by atoms with E-state index >= 15 is 0 Å². The van der Waals surface area contributed by atoms with Gasteiger partial charge in [-0.15, -0.1) is 0 Å². The molecule has 0 saturated carbocycles. The zero-order valence-electron chi connectivity index (χ0n) is 21.8. The second kappa shape index (κ2) is 10.7. The van der Waals surface area contributed by atoms with Gasteiger partial charge in [-0.05, 0) is 74.0 Å². The number of halogens is 5. The molecular weight excluding hydrogens is 589 g/mol. The molecule has 1 aliphatic heterocycles. The zero-order valence-corrected chi connectivity index (χ0v) is 22.6. The number of hydrogen-bond donors (Lipinski definition) is 3. The van der Waals surface area contributed by atoms with Crippen molar-refractivity contribution in [1.82, 2.24) is 4.90 Å². The summed E-state index contributed by atoms with van der Waals surface area (Å²) in [6.45, 7) is 2.30. The number of nitrogens with one attached hydrogen (secondary N) is 2. The molecule has 0 atom stereocenters. The summed E-state index contributed by atoms with van der Waals surface area (Å²) in [6.07, 6.45) is -5.08. The average Bonchev–Trinajstić information content (AvgIpc) is 3.04. The van der Waals surface area contributed by atoms with E-state index in [1.165, 1.54) is 32.0 Å². The van der Waals surface area contributed by atoms with E-state index in [-0.39, 0.29) is 28.4 Å². The number of carbonyl (C=O) groups excluding carboxylic acids is 3. The van der Waals surface area contributed by atoms with E-state index in [2.05, 4.69) is 10.6 Å². The van der Waals surface area contributed by atoms with Crippen LogP contribution in [0.3, 0.4) is 0 Å². The van der Waals surface area contributed by atoms with Crippen molar-refractivity contribution < 1.29 is 44.8 Å². The van der Waals surface area contributed by atoms with Gasteiger partial charge in [-0.25, -0.2) is 36.8 Å². The van der Waals surface area contributed by atoms with E-state index in [1.54, 1.807) is 0 Å². The summed E-state index contributed by atoms with van der Waals surface area (Å²) in [6, 6.07) is 7.87. The number of nitrogens with zero attached hydrogens (tertiary/aromatic N) is 2. The molecule has 3 aromatic rings. The quantitative estimate of drug-likeness (QED) is 0.265. The van der Waals surface area contributed by atoms with Crippen molar-refractivity contribution in [2.75, 3.05) is 15.5 Å². The molecule has 0 spiro atoms. The lowest BCUT2D eigenvalue weighted by molar-refractivity contribution is -0.140. The monoisotopic (exact) mass is 611 g/mol. The molecule has 3 aromatic carbocycles. The molecule has 1 aliphatic rings. The van der Waals surface area contributed by atoms with Gasteiger partial charge in [0.05, 0.1) is 28.4 Å². The van der Waals surface area contributed by atoms with E-state index in [9.17, 15) is 44.8 Å². The molecule has 4 rings (SSSR count). The number of urea groups is 2. The molecule has 1 fully saturated rings. The Morgan fingerprint density at radius 1 is 0.952 bits per heavy atom. The van der Waals surface area contributed by atoms with Gasteiger partial charge in [0, 0.05) is 5.69 Å². The molecule has 0 radical (unpaired) electrons. The van der Waals surface area contributed by atoms with Crippen LogP contribution in [0.15, 0.2) is 65.6 Å². The molecule has 0 unspecified atom stereocenters. The minimum absolute atomic E-state index is 0.107. The summed E-state index contributed by atoms with van der Waals surface area (Å²) in [5.41, 5.74) is -3.56. The number of amides is 5. The first kappa shape index (κ1) is 30.4. The predicted molar refractivity (Wildman–Crippen MR) is 141 cm³/mol. The highest BCUT2D eigenvalue weighted by molar-refractivity contribution is 7.89. The highest BCUT2D eigenvalue weighted by Crippen LogP contribution is 2.38. The van der Waals surface area contributed by atoms with Crippen LogP contribution in [0.1, 0.15) is 25.0 Å². The molecule has 222 valence electrons. The molecule has 0 aromatic heterocycles. The second-order valence-electron chi connectivity index (χ2n) is 9.68. The molecule has 1 heterocycles. The third kappa shape index (κ3) is 6.03. The number of rotatable bonds is 6. The van der Waals surface area contributed by atoms with Gasteiger partial charge in [0.1, 0.15) is 17.2 Å². The van der Waals surface area contributed by atoms with E-state index in [0.717, 1.165) is 35.2 Å². The Kier molecular flexibility index (Phi) is 7.73. The molecule has 5 amide bonds. The van der Waals surface area contributed by atoms with Gasteiger partial charge >= 0.3 is 18.2 Å². The maximum Gasteiger partial charge on any atom is 0.419 e. The standard InChI is InChI=1S/C26H22F5N5O5S/c1-25(2)22(37)36(17-7-10-20(28)19(12-17)26(29,30)31)24(39)35(25)13-14-3-4-15(27)11-21(14)34-23(38)33-16-5-8-18(9-6-16)42(32,40)41/h3-12H,13H2,1-2H3,(H2,32,40,41)(H2,33,34,38). The Morgan fingerprint density at radius 3 is 2.19 bits per heavy atom. The Bertz CT molecular complexity index is 1690. The van der Waals surface area contributed by atoms with E-state index in [1.807, 2.05) is 0 Å². The molecule has 1 saturated heterocycles. The number of alkyl halides is 3. The molecule has 10 nitrogen and oxygen atoms in total. The van der Waals surface area contributed by atoms with Crippen LogP contribution in [0, 0.1) is 11.6 Å². The third-order valence-corrected chi connectivity index (χ3v) is 7.36. The Balaban J connectivity index is 1.59. The maximum absolute atomic E-state index is 14.1. The number of hydrogen-bond acceptors (Lipinski definition) is 5. The SMILES string of the molecule is CC1(C)C(=O)N(c2ccc(F)c(C(F)(F)F)c2)C(=O)N1Cc1ccc(F)cc1NC(=O)Nc1ccc(S(N)(=O)=O)cc1. The summed E-state index contributed by atoms with van der Waals surface area (Å²) >= 11 is 0. The highest BCUT2D eigenvalue weighted by atomic mass is 32.2. The molecule has 42 heavy (non-hydrogen) atoms. The predicted octanol–water partition coefficient (Wildman–Crippen LogP) is 5.02. The van der Waals surface area contributed by atoms with Crippen molar-refractivity contribution in [3.8, 4) is 0 Å². The lowest BCUT2D eigenvalue weighted by atomic mass is 10.0. The normalized spacial score (nSPS) is 15.2. The first-order chi connectivity index (χ1) is 19.4. The van der Waals surface area contributed by atoms with E-state index in [0.29, 0.717) is 17.0 Å². The van der Waals surface area contributed by atoms with Gasteiger partial charge in [0.25, 0.3) is 5.91 Å². The minimum Gasteiger partial charge on any atom is -0.308 e. The Morgan fingerprint density at radius 2 is 1.60 bits per heavy atom. The average molecular weight is 612 g/mol. The lowest BCUT2D eigenvalue weighted by Crippen LogP contribution is -2.43. The number of nitrogens with two attached hydrogens (primary N) is 1. The van der Waals surface area contributed by atoms with Crippen LogP contribution in [0.4, 0.5) is 48.6 Å². The van der Waals surface area contributed by atoms with Crippen LogP contribution < -0.4 is 20.7 Å². The Hall–Kier alpha value is -4.57.